The number of esters is 1. The van der Waals surface area contributed by atoms with Crippen LogP contribution in [-0.2, 0) is 14.3 Å². The van der Waals surface area contributed by atoms with Crippen molar-refractivity contribution in [2.75, 3.05) is 23.9 Å². The van der Waals surface area contributed by atoms with Crippen molar-refractivity contribution in [3.63, 3.8) is 0 Å². The lowest BCUT2D eigenvalue weighted by Crippen LogP contribution is -2.37. The smallest absolute Gasteiger partial charge is 0.340 e. The molecule has 0 aliphatic carbocycles. The fraction of sp³-hybridized carbons (Fsp3) is 0.250. The fourth-order valence-corrected chi connectivity index (χ4v) is 2.28. The first kappa shape index (κ1) is 20.0. The van der Waals surface area contributed by atoms with Crippen LogP contribution >= 0.6 is 0 Å². The first-order chi connectivity index (χ1) is 12.9. The van der Waals surface area contributed by atoms with Gasteiger partial charge in [-0.25, -0.2) is 4.79 Å². The number of phenolic OH excluding ortho intramolecular Hbond substituents is 1. The number of aromatic hydroxyl groups is 1. The lowest BCUT2D eigenvalue weighted by Gasteiger charge is -2.17. The molecule has 2 N–H and O–H groups in total. The van der Waals surface area contributed by atoms with E-state index >= 15 is 0 Å². The van der Waals surface area contributed by atoms with Crippen LogP contribution in [-0.4, -0.2) is 36.5 Å². The molecule has 0 saturated heterocycles. The molecule has 27 heavy (non-hydrogen) atoms. The van der Waals surface area contributed by atoms with Gasteiger partial charge in [-0.1, -0.05) is 25.5 Å². The van der Waals surface area contributed by atoms with E-state index in [0.717, 1.165) is 17.7 Å². The largest absolute Gasteiger partial charge is 0.508 e. The number of nitrogens with one attached hydrogen (secondary N) is 1. The van der Waals surface area contributed by atoms with Crippen molar-refractivity contribution in [2.24, 2.45) is 0 Å². The summed E-state index contributed by atoms with van der Waals surface area (Å²) in [6.07, 6.45) is 1.64. The predicted molar refractivity (Wildman–Crippen MR) is 102 cm³/mol. The van der Waals surface area contributed by atoms with Gasteiger partial charge in [0.25, 0.3) is 0 Å². The summed E-state index contributed by atoms with van der Waals surface area (Å²) in [6, 6.07) is 12.2. The molecule has 2 aromatic rings. The molecule has 0 aromatic heterocycles. The Hall–Kier alpha value is -3.35. The van der Waals surface area contributed by atoms with E-state index in [9.17, 15) is 19.5 Å². The molecule has 0 fully saturated rings. The van der Waals surface area contributed by atoms with E-state index in [4.69, 9.17) is 4.74 Å². The number of carbonyl (C=O) groups is 3. The number of likely N-dealkylation sites (N-methyl/N-ethyl adjacent to an activating group) is 1. The van der Waals surface area contributed by atoms with E-state index < -0.39 is 17.8 Å². The van der Waals surface area contributed by atoms with Gasteiger partial charge in [0, 0.05) is 12.7 Å². The highest BCUT2D eigenvalue weighted by Crippen LogP contribution is 2.19. The van der Waals surface area contributed by atoms with Crippen molar-refractivity contribution >= 4 is 29.2 Å². The third-order valence-electron chi connectivity index (χ3n) is 3.86. The highest BCUT2D eigenvalue weighted by molar-refractivity contribution is 6.44. The summed E-state index contributed by atoms with van der Waals surface area (Å²) in [5.41, 5.74) is 0.832. The Balaban J connectivity index is 2.09. The Kier molecular flexibility index (Phi) is 6.93. The second-order valence-corrected chi connectivity index (χ2v) is 5.87. The number of ether oxygens (including phenoxy) is 1. The molecule has 7 nitrogen and oxygen atoms in total. The predicted octanol–water partition coefficient (Wildman–Crippen LogP) is 2.95. The van der Waals surface area contributed by atoms with Gasteiger partial charge in [0.05, 0.1) is 17.9 Å². The normalized spacial score (nSPS) is 10.1. The molecule has 0 radical (unpaired) electrons. The minimum atomic E-state index is -0.889. The Morgan fingerprint density at radius 1 is 1.07 bits per heavy atom. The highest BCUT2D eigenvalue weighted by Gasteiger charge is 2.22. The number of carbonyl (C=O) groups excluding carboxylic acids is 3. The van der Waals surface area contributed by atoms with Crippen molar-refractivity contribution in [3.05, 3.63) is 54.1 Å². The Morgan fingerprint density at radius 3 is 2.41 bits per heavy atom. The van der Waals surface area contributed by atoms with E-state index in [2.05, 4.69) is 5.32 Å². The van der Waals surface area contributed by atoms with Gasteiger partial charge in [-0.05, 0) is 42.8 Å². The van der Waals surface area contributed by atoms with Gasteiger partial charge in [-0.3, -0.25) is 9.59 Å². The zero-order valence-electron chi connectivity index (χ0n) is 15.3. The Bertz CT molecular complexity index is 817. The molecular formula is C20H22N2O5. The maximum atomic E-state index is 12.4. The van der Waals surface area contributed by atoms with Crippen LogP contribution in [0, 0.1) is 0 Å². The summed E-state index contributed by atoms with van der Waals surface area (Å²) in [5, 5.41) is 11.8. The molecule has 0 aliphatic heterocycles. The zero-order valence-corrected chi connectivity index (χ0v) is 15.3. The number of nitrogens with zero attached hydrogens (tertiary/aromatic N) is 1. The molecule has 142 valence electrons. The maximum Gasteiger partial charge on any atom is 0.340 e. The number of amides is 2. The monoisotopic (exact) mass is 370 g/mol. The van der Waals surface area contributed by atoms with Crippen LogP contribution in [0.5, 0.6) is 5.75 Å². The number of anilines is 2. The van der Waals surface area contributed by atoms with E-state index in [1.54, 1.807) is 12.1 Å². The third kappa shape index (κ3) is 5.31. The zero-order chi connectivity index (χ0) is 19.8. The summed E-state index contributed by atoms with van der Waals surface area (Å²) in [4.78, 5) is 38.0. The summed E-state index contributed by atoms with van der Waals surface area (Å²) < 4.78 is 5.17. The maximum absolute atomic E-state index is 12.4. The fourth-order valence-electron chi connectivity index (χ4n) is 2.28. The van der Waals surface area contributed by atoms with E-state index in [1.165, 1.54) is 43.4 Å². The first-order valence-electron chi connectivity index (χ1n) is 8.58. The second kappa shape index (κ2) is 9.38. The number of unbranched alkanes of at least 4 members (excludes halogenated alkanes) is 1. The van der Waals surface area contributed by atoms with Gasteiger partial charge in [-0.2, -0.15) is 0 Å². The average molecular weight is 370 g/mol. The van der Waals surface area contributed by atoms with Crippen LogP contribution in [0.3, 0.4) is 0 Å². The lowest BCUT2D eigenvalue weighted by atomic mass is 10.1. The number of hydrogen-bond donors (Lipinski definition) is 2. The van der Waals surface area contributed by atoms with Crippen molar-refractivity contribution < 1.29 is 24.2 Å². The van der Waals surface area contributed by atoms with Gasteiger partial charge in [-0.15, -0.1) is 0 Å². The Labute approximate surface area is 157 Å². The molecule has 2 amide bonds. The molecule has 0 heterocycles. The van der Waals surface area contributed by atoms with Crippen LogP contribution in [0.2, 0.25) is 0 Å². The molecule has 0 spiro atoms. The van der Waals surface area contributed by atoms with Crippen molar-refractivity contribution in [1.29, 1.82) is 0 Å². The number of benzene rings is 2. The van der Waals surface area contributed by atoms with Gasteiger partial charge in [0.1, 0.15) is 5.75 Å². The molecule has 7 heteroatoms. The highest BCUT2D eigenvalue weighted by atomic mass is 16.5. The van der Waals surface area contributed by atoms with Crippen LogP contribution in [0.15, 0.2) is 48.5 Å². The van der Waals surface area contributed by atoms with Crippen LogP contribution in [0.4, 0.5) is 11.4 Å². The van der Waals surface area contributed by atoms with Gasteiger partial charge < -0.3 is 20.1 Å². The third-order valence-corrected chi connectivity index (χ3v) is 3.86. The molecule has 2 aromatic carbocycles. The number of rotatable bonds is 6. The SMILES string of the molecule is CCCCOC(=O)c1ccccc1NC(=O)C(=O)N(C)c1ccc(O)cc1. The first-order valence-corrected chi connectivity index (χ1v) is 8.58. The molecule has 0 atom stereocenters. The van der Waals surface area contributed by atoms with Gasteiger partial charge in [0.2, 0.25) is 0 Å². The lowest BCUT2D eigenvalue weighted by molar-refractivity contribution is -0.134. The summed E-state index contributed by atoms with van der Waals surface area (Å²) in [6.45, 7) is 2.28. The van der Waals surface area contributed by atoms with Crippen molar-refractivity contribution in [3.8, 4) is 5.75 Å². The van der Waals surface area contributed by atoms with Crippen molar-refractivity contribution in [1.82, 2.24) is 0 Å². The molecule has 0 unspecified atom stereocenters. The number of phenols is 1. The minimum absolute atomic E-state index is 0.0552. The summed E-state index contributed by atoms with van der Waals surface area (Å²) in [5.74, 6) is -2.20. The molecule has 2 rings (SSSR count). The number of para-hydroxylation sites is 1. The Morgan fingerprint density at radius 2 is 1.74 bits per heavy atom. The quantitative estimate of drug-likeness (QED) is 0.463. The number of hydrogen-bond acceptors (Lipinski definition) is 5. The molecular weight excluding hydrogens is 348 g/mol. The summed E-state index contributed by atoms with van der Waals surface area (Å²) >= 11 is 0. The standard InChI is InChI=1S/C20H22N2O5/c1-3-4-13-27-20(26)16-7-5-6-8-17(16)21-18(24)19(25)22(2)14-9-11-15(23)12-10-14/h5-12,23H,3-4,13H2,1-2H3,(H,21,24). The molecule has 0 saturated carbocycles. The van der Waals surface area contributed by atoms with Crippen LogP contribution in [0.25, 0.3) is 0 Å². The van der Waals surface area contributed by atoms with Gasteiger partial charge >= 0.3 is 17.8 Å². The second-order valence-electron chi connectivity index (χ2n) is 5.87. The summed E-state index contributed by atoms with van der Waals surface area (Å²) in [7, 11) is 1.44. The minimum Gasteiger partial charge on any atom is -0.508 e. The molecule has 0 aliphatic rings. The van der Waals surface area contributed by atoms with Gasteiger partial charge in [0.15, 0.2) is 0 Å². The van der Waals surface area contributed by atoms with E-state index in [-0.39, 0.29) is 17.0 Å². The van der Waals surface area contributed by atoms with Crippen molar-refractivity contribution in [2.45, 2.75) is 19.8 Å². The molecule has 0 bridgehead atoms. The van der Waals surface area contributed by atoms with E-state index in [0.29, 0.717) is 12.3 Å². The van der Waals surface area contributed by atoms with Crippen LogP contribution < -0.4 is 10.2 Å². The van der Waals surface area contributed by atoms with E-state index in [1.807, 2.05) is 6.92 Å². The average Bonchev–Trinajstić information content (AvgIpc) is 2.68. The topological polar surface area (TPSA) is 95.9 Å². The van der Waals surface area contributed by atoms with Crippen LogP contribution in [0.1, 0.15) is 30.1 Å².